The minimum atomic E-state index is -1.03. The first-order valence-corrected chi connectivity index (χ1v) is 8.71. The Balaban J connectivity index is 1.84. The third kappa shape index (κ3) is 6.27. The van der Waals surface area contributed by atoms with E-state index in [4.69, 9.17) is 32.7 Å². The van der Waals surface area contributed by atoms with E-state index >= 15 is 0 Å². The van der Waals surface area contributed by atoms with Crippen molar-refractivity contribution in [1.29, 1.82) is 0 Å². The summed E-state index contributed by atoms with van der Waals surface area (Å²) >= 11 is 11.7. The van der Waals surface area contributed by atoms with Crippen molar-refractivity contribution in [3.8, 4) is 5.75 Å². The highest BCUT2D eigenvalue weighted by Crippen LogP contribution is 2.27. The van der Waals surface area contributed by atoms with Crippen LogP contribution in [0.1, 0.15) is 24.2 Å². The highest BCUT2D eigenvalue weighted by molar-refractivity contribution is 6.35. The van der Waals surface area contributed by atoms with Gasteiger partial charge in [0.25, 0.3) is 5.91 Å². The highest BCUT2D eigenvalue weighted by atomic mass is 35.5. The number of hydrogen-bond acceptors (Lipinski definition) is 5. The molecule has 0 aliphatic carbocycles. The zero-order chi connectivity index (χ0) is 20.0. The number of Topliss-reactive ketones (excluding diaryl/α,β-unsaturated/α-hetero) is 1. The molecule has 0 aliphatic heterocycles. The third-order valence-electron chi connectivity index (χ3n) is 3.48. The van der Waals surface area contributed by atoms with Crippen molar-refractivity contribution in [2.75, 3.05) is 11.9 Å². The largest absolute Gasteiger partial charge is 0.480 e. The van der Waals surface area contributed by atoms with Crippen LogP contribution in [0.2, 0.25) is 10.0 Å². The molecule has 1 atom stereocenters. The molecule has 0 aliphatic rings. The lowest BCUT2D eigenvalue weighted by Gasteiger charge is -2.14. The van der Waals surface area contributed by atoms with E-state index in [-0.39, 0.29) is 16.6 Å². The topological polar surface area (TPSA) is 81.7 Å². The van der Waals surface area contributed by atoms with Crippen molar-refractivity contribution in [1.82, 2.24) is 0 Å². The number of benzene rings is 2. The number of ether oxygens (including phenoxy) is 2. The van der Waals surface area contributed by atoms with Crippen molar-refractivity contribution in [2.45, 2.75) is 20.0 Å². The summed E-state index contributed by atoms with van der Waals surface area (Å²) in [5, 5.41) is 3.30. The molecule has 0 radical (unpaired) electrons. The first kappa shape index (κ1) is 20.7. The minimum Gasteiger partial charge on any atom is -0.480 e. The third-order valence-corrected chi connectivity index (χ3v) is 4.01. The van der Waals surface area contributed by atoms with Crippen LogP contribution in [-0.2, 0) is 14.3 Å². The highest BCUT2D eigenvalue weighted by Gasteiger charge is 2.18. The Labute approximate surface area is 166 Å². The second-order valence-electron chi connectivity index (χ2n) is 5.62. The Morgan fingerprint density at radius 3 is 2.33 bits per heavy atom. The summed E-state index contributed by atoms with van der Waals surface area (Å²) < 4.78 is 10.3. The molecule has 1 N–H and O–H groups in total. The van der Waals surface area contributed by atoms with E-state index in [0.717, 1.165) is 0 Å². The summed E-state index contributed by atoms with van der Waals surface area (Å²) in [6, 6.07) is 11.0. The first-order chi connectivity index (χ1) is 12.8. The van der Waals surface area contributed by atoms with Gasteiger partial charge in [-0.1, -0.05) is 23.2 Å². The van der Waals surface area contributed by atoms with E-state index in [1.807, 2.05) is 0 Å². The van der Waals surface area contributed by atoms with Crippen molar-refractivity contribution >= 4 is 46.5 Å². The predicted octanol–water partition coefficient (Wildman–Crippen LogP) is 4.15. The van der Waals surface area contributed by atoms with E-state index in [1.54, 1.807) is 30.3 Å². The summed E-state index contributed by atoms with van der Waals surface area (Å²) in [4.78, 5) is 35.2. The molecule has 2 aromatic carbocycles. The number of amides is 1. The molecule has 6 nitrogen and oxygen atoms in total. The number of carbonyl (C=O) groups is 3. The summed E-state index contributed by atoms with van der Waals surface area (Å²) in [6.07, 6.45) is -1.03. The molecule has 0 bridgehead atoms. The van der Waals surface area contributed by atoms with Crippen molar-refractivity contribution < 1.29 is 23.9 Å². The quantitative estimate of drug-likeness (QED) is 0.548. The first-order valence-electron chi connectivity index (χ1n) is 7.95. The van der Waals surface area contributed by atoms with Gasteiger partial charge in [-0.2, -0.15) is 0 Å². The molecule has 142 valence electrons. The SMILES string of the molecule is CC(=O)c1ccc(NC(=O)[C@H](C)OC(=O)COc2ccc(Cl)cc2Cl)cc1. The number of nitrogens with one attached hydrogen (secondary N) is 1. The molecule has 2 aromatic rings. The number of halogens is 2. The maximum absolute atomic E-state index is 12.1. The molecular weight excluding hydrogens is 393 g/mol. The molecular formula is C19H17Cl2NO5. The molecule has 2 rings (SSSR count). The number of carbonyl (C=O) groups excluding carboxylic acids is 3. The molecule has 1 amide bonds. The van der Waals surface area contributed by atoms with Gasteiger partial charge in [-0.25, -0.2) is 4.79 Å². The van der Waals surface area contributed by atoms with E-state index in [2.05, 4.69) is 5.32 Å². The Bertz CT molecular complexity index is 852. The normalized spacial score (nSPS) is 11.4. The van der Waals surface area contributed by atoms with Gasteiger partial charge in [0, 0.05) is 16.3 Å². The average molecular weight is 410 g/mol. The Hall–Kier alpha value is -2.57. The fraction of sp³-hybridized carbons (Fsp3) is 0.211. The van der Waals surface area contributed by atoms with Crippen LogP contribution < -0.4 is 10.1 Å². The second kappa shape index (κ2) is 9.39. The number of hydrogen-bond donors (Lipinski definition) is 1. The Morgan fingerprint density at radius 1 is 1.07 bits per heavy atom. The minimum absolute atomic E-state index is 0.0732. The summed E-state index contributed by atoms with van der Waals surface area (Å²) in [6.45, 7) is 2.48. The molecule has 27 heavy (non-hydrogen) atoms. The smallest absolute Gasteiger partial charge is 0.344 e. The number of esters is 1. The lowest BCUT2D eigenvalue weighted by atomic mass is 10.1. The van der Waals surface area contributed by atoms with Crippen LogP contribution in [0.5, 0.6) is 5.75 Å². The van der Waals surface area contributed by atoms with Crippen LogP contribution >= 0.6 is 23.2 Å². The van der Waals surface area contributed by atoms with Crippen LogP contribution in [0.3, 0.4) is 0 Å². The van der Waals surface area contributed by atoms with Gasteiger partial charge >= 0.3 is 5.97 Å². The van der Waals surface area contributed by atoms with Gasteiger partial charge in [-0.15, -0.1) is 0 Å². The summed E-state index contributed by atoms with van der Waals surface area (Å²) in [7, 11) is 0. The van der Waals surface area contributed by atoms with Gasteiger partial charge in [-0.3, -0.25) is 9.59 Å². The molecule has 8 heteroatoms. The Kier molecular flexibility index (Phi) is 7.21. The standard InChI is InChI=1S/C19H17Cl2NO5/c1-11(23)13-3-6-15(7-4-13)22-19(25)12(2)27-18(24)10-26-17-8-5-14(20)9-16(17)21/h3-9,12H,10H2,1-2H3,(H,22,25)/t12-/m0/s1. The number of rotatable bonds is 7. The molecule has 0 spiro atoms. The van der Waals surface area contributed by atoms with Gasteiger partial charge < -0.3 is 14.8 Å². The molecule has 0 saturated carbocycles. The van der Waals surface area contributed by atoms with Crippen LogP contribution in [0.4, 0.5) is 5.69 Å². The molecule has 0 fully saturated rings. The zero-order valence-corrected chi connectivity index (χ0v) is 16.1. The van der Waals surface area contributed by atoms with Gasteiger partial charge in [0.15, 0.2) is 18.5 Å². The van der Waals surface area contributed by atoms with Gasteiger partial charge in [0.05, 0.1) is 5.02 Å². The lowest BCUT2D eigenvalue weighted by Crippen LogP contribution is -2.31. The van der Waals surface area contributed by atoms with E-state index in [9.17, 15) is 14.4 Å². The Morgan fingerprint density at radius 2 is 1.74 bits per heavy atom. The van der Waals surface area contributed by atoms with Crippen LogP contribution in [0.25, 0.3) is 0 Å². The maximum atomic E-state index is 12.1. The molecule has 0 unspecified atom stereocenters. The average Bonchev–Trinajstić information content (AvgIpc) is 2.61. The monoisotopic (exact) mass is 409 g/mol. The van der Waals surface area contributed by atoms with Crippen molar-refractivity contribution in [3.05, 3.63) is 58.1 Å². The van der Waals surface area contributed by atoms with Crippen LogP contribution in [-0.4, -0.2) is 30.4 Å². The lowest BCUT2D eigenvalue weighted by molar-refractivity contribution is -0.155. The number of anilines is 1. The zero-order valence-electron chi connectivity index (χ0n) is 14.6. The van der Waals surface area contributed by atoms with Gasteiger partial charge in [0.2, 0.25) is 0 Å². The fourth-order valence-corrected chi connectivity index (χ4v) is 2.51. The van der Waals surface area contributed by atoms with E-state index < -0.39 is 24.6 Å². The maximum Gasteiger partial charge on any atom is 0.344 e. The van der Waals surface area contributed by atoms with Crippen molar-refractivity contribution in [2.24, 2.45) is 0 Å². The van der Waals surface area contributed by atoms with E-state index in [0.29, 0.717) is 16.3 Å². The van der Waals surface area contributed by atoms with Gasteiger partial charge in [0.1, 0.15) is 5.75 Å². The summed E-state index contributed by atoms with van der Waals surface area (Å²) in [5.41, 5.74) is 1.02. The molecule has 0 heterocycles. The summed E-state index contributed by atoms with van der Waals surface area (Å²) in [5.74, 6) is -1.03. The van der Waals surface area contributed by atoms with Crippen LogP contribution in [0, 0.1) is 0 Å². The second-order valence-corrected chi connectivity index (χ2v) is 6.46. The fourth-order valence-electron chi connectivity index (χ4n) is 2.05. The van der Waals surface area contributed by atoms with Crippen LogP contribution in [0.15, 0.2) is 42.5 Å². The number of ketones is 1. The predicted molar refractivity (Wildman–Crippen MR) is 103 cm³/mol. The van der Waals surface area contributed by atoms with Crippen molar-refractivity contribution in [3.63, 3.8) is 0 Å². The molecule has 0 saturated heterocycles. The van der Waals surface area contributed by atoms with E-state index in [1.165, 1.54) is 26.0 Å². The molecule has 0 aromatic heterocycles. The van der Waals surface area contributed by atoms with Gasteiger partial charge in [-0.05, 0) is 56.3 Å².